The van der Waals surface area contributed by atoms with Gasteiger partial charge in [-0.3, -0.25) is 15.2 Å². The van der Waals surface area contributed by atoms with Gasteiger partial charge in [0, 0.05) is 48.9 Å². The summed E-state index contributed by atoms with van der Waals surface area (Å²) in [5, 5.41) is 3.42. The number of ketones is 1. The minimum absolute atomic E-state index is 0. The van der Waals surface area contributed by atoms with Crippen molar-refractivity contribution in [1.29, 1.82) is 0 Å². The Kier molecular flexibility index (Phi) is 10.2. The predicted molar refractivity (Wildman–Crippen MR) is 140 cm³/mol. The molecule has 11 heteroatoms. The maximum atomic E-state index is 13.2. The number of nitrogens with one attached hydrogen (secondary N) is 1. The lowest BCUT2D eigenvalue weighted by Gasteiger charge is -2.16. The Bertz CT molecular complexity index is 1160. The Hall–Kier alpha value is -2.85. The summed E-state index contributed by atoms with van der Waals surface area (Å²) in [6.45, 7) is 0.478. The molecule has 0 radical (unpaired) electrons. The highest BCUT2D eigenvalue weighted by Gasteiger charge is 2.27. The van der Waals surface area contributed by atoms with Crippen molar-refractivity contribution in [3.63, 3.8) is 0 Å². The van der Waals surface area contributed by atoms with Crippen LogP contribution in [0.3, 0.4) is 0 Å². The van der Waals surface area contributed by atoms with Crippen LogP contribution in [0.5, 0.6) is 0 Å². The molecule has 0 saturated heterocycles. The minimum atomic E-state index is -0.155. The van der Waals surface area contributed by atoms with Gasteiger partial charge < -0.3 is 5.32 Å². The molecule has 9 nitrogen and oxygen atoms in total. The van der Waals surface area contributed by atoms with Crippen LogP contribution in [0, 0.1) is 17.9 Å². The van der Waals surface area contributed by atoms with Gasteiger partial charge in [-0.25, -0.2) is 14.9 Å². The largest absolute Gasteiger partial charge is 0.367 e. The molecular formula is C24H28N6O3S2. The number of hydrazine groups is 1. The molecule has 2 aromatic heterocycles. The van der Waals surface area contributed by atoms with E-state index in [0.717, 1.165) is 37.1 Å². The lowest BCUT2D eigenvalue weighted by Crippen LogP contribution is -2.20. The van der Waals surface area contributed by atoms with Crippen LogP contribution in [-0.4, -0.2) is 44.4 Å². The summed E-state index contributed by atoms with van der Waals surface area (Å²) in [4.78, 5) is 26.8. The quantitative estimate of drug-likeness (QED) is 0.0652. The maximum Gasteiger partial charge on any atom is 0.199 e. The van der Waals surface area contributed by atoms with Crippen LogP contribution in [0.2, 0.25) is 0 Å². The maximum absolute atomic E-state index is 13.2. The first-order valence-corrected chi connectivity index (χ1v) is 11.6. The van der Waals surface area contributed by atoms with Gasteiger partial charge in [0.1, 0.15) is 24.4 Å². The summed E-state index contributed by atoms with van der Waals surface area (Å²) in [5.74, 6) is 9.25. The number of anilines is 1. The van der Waals surface area contributed by atoms with Gasteiger partial charge in [0.25, 0.3) is 0 Å². The highest BCUT2D eigenvalue weighted by molar-refractivity contribution is 7.92. The third-order valence-electron chi connectivity index (χ3n) is 5.40. The highest BCUT2D eigenvalue weighted by atomic mass is 32.2. The smallest absolute Gasteiger partial charge is 0.199 e. The van der Waals surface area contributed by atoms with Crippen molar-refractivity contribution in [1.82, 2.24) is 18.9 Å². The second kappa shape index (κ2) is 13.3. The summed E-state index contributed by atoms with van der Waals surface area (Å²) in [6, 6.07) is 14.6. The molecule has 1 aliphatic carbocycles. The van der Waals surface area contributed by atoms with Crippen LogP contribution in [0.4, 0.5) is 5.82 Å². The third-order valence-corrected chi connectivity index (χ3v) is 5.79. The Balaban J connectivity index is 0.00000342. The van der Waals surface area contributed by atoms with E-state index in [4.69, 9.17) is 15.1 Å². The number of carbonyl (C=O) groups is 1. The molecule has 2 heterocycles. The average Bonchev–Trinajstić information content (AvgIpc) is 3.51. The number of benzene rings is 1. The molecule has 3 N–H and O–H groups in total. The van der Waals surface area contributed by atoms with Crippen molar-refractivity contribution in [2.24, 2.45) is 11.8 Å². The summed E-state index contributed by atoms with van der Waals surface area (Å²) < 4.78 is 7.97. The topological polar surface area (TPSA) is 108 Å². The van der Waals surface area contributed by atoms with E-state index in [-0.39, 0.29) is 25.3 Å². The monoisotopic (exact) mass is 512 g/mol. The Morgan fingerprint density at radius 1 is 1.31 bits per heavy atom. The normalized spacial score (nSPS) is 16.9. The van der Waals surface area contributed by atoms with Crippen LogP contribution in [-0.2, 0) is 9.22 Å². The molecule has 1 fully saturated rings. The van der Waals surface area contributed by atoms with E-state index in [0.29, 0.717) is 29.5 Å². The Morgan fingerprint density at radius 3 is 2.94 bits per heavy atom. The zero-order valence-electron chi connectivity index (χ0n) is 19.3. The fraction of sp³-hybridized carbons (Fsp3) is 0.292. The number of nitrogens with two attached hydrogens (primary N) is 1. The van der Waals surface area contributed by atoms with Gasteiger partial charge in [-0.2, -0.15) is 17.9 Å². The fourth-order valence-electron chi connectivity index (χ4n) is 3.76. The second-order valence-corrected chi connectivity index (χ2v) is 8.88. The van der Waals surface area contributed by atoms with Crippen LogP contribution < -0.4 is 11.2 Å². The first kappa shape index (κ1) is 26.7. The molecule has 0 spiro atoms. The van der Waals surface area contributed by atoms with Gasteiger partial charge in [0.2, 0.25) is 0 Å². The number of aromatic nitrogens is 3. The molecule has 0 aliphatic heterocycles. The molecule has 4 rings (SSSR count). The van der Waals surface area contributed by atoms with Crippen LogP contribution in [0.1, 0.15) is 40.7 Å². The highest BCUT2D eigenvalue weighted by Crippen LogP contribution is 2.29. The number of nitrogens with zero attached hydrogens (tertiary/aromatic N) is 4. The Morgan fingerprint density at radius 2 is 2.14 bits per heavy atom. The van der Waals surface area contributed by atoms with Gasteiger partial charge in [0.15, 0.2) is 5.78 Å². The summed E-state index contributed by atoms with van der Waals surface area (Å²) in [6.07, 6.45) is 9.30. The zero-order valence-corrected chi connectivity index (χ0v) is 21.1. The van der Waals surface area contributed by atoms with Crippen molar-refractivity contribution in [2.45, 2.75) is 25.3 Å². The van der Waals surface area contributed by atoms with Gasteiger partial charge in [-0.15, -0.1) is 4.33 Å². The average molecular weight is 513 g/mol. The molecule has 1 aliphatic rings. The van der Waals surface area contributed by atoms with E-state index in [1.54, 1.807) is 36.3 Å². The second-order valence-electron chi connectivity index (χ2n) is 8.02. The molecule has 0 bridgehead atoms. The standard InChI is InChI=1S/C24H26N6O3S.H2S/c1-29(25)34-33-32-16-19-7-8-21(13-19)28-24-22(14-26-17-27-24)23(31)20-10-12-30(15-20)11-9-18-5-3-2-4-6-18;/h2-6,10,12,14-15,17,19,21H,7-8,13,16,25H2,1H3,(H,26,27,28);1H2. The van der Waals surface area contributed by atoms with E-state index >= 15 is 0 Å². The van der Waals surface area contributed by atoms with E-state index < -0.39 is 0 Å². The van der Waals surface area contributed by atoms with E-state index in [1.807, 2.05) is 30.3 Å². The number of rotatable bonds is 9. The zero-order chi connectivity index (χ0) is 23.8. The van der Waals surface area contributed by atoms with Crippen molar-refractivity contribution in [3.05, 3.63) is 78.0 Å². The molecule has 3 aromatic rings. The lowest BCUT2D eigenvalue weighted by molar-refractivity contribution is -0.203. The first-order chi connectivity index (χ1) is 16.6. The first-order valence-electron chi connectivity index (χ1n) is 10.9. The molecule has 2 atom stereocenters. The van der Waals surface area contributed by atoms with E-state index in [9.17, 15) is 4.79 Å². The molecule has 1 aromatic carbocycles. The molecule has 2 unspecified atom stereocenters. The lowest BCUT2D eigenvalue weighted by atomic mass is 10.1. The summed E-state index contributed by atoms with van der Waals surface area (Å²) >= 11 is 0.933. The van der Waals surface area contributed by atoms with E-state index in [2.05, 4.69) is 27.2 Å². The molecule has 0 amide bonds. The number of hydrogen-bond acceptors (Lipinski definition) is 9. The van der Waals surface area contributed by atoms with Gasteiger partial charge in [0.05, 0.1) is 12.2 Å². The van der Waals surface area contributed by atoms with Crippen LogP contribution >= 0.6 is 25.7 Å². The fourth-order valence-corrected chi connectivity index (χ4v) is 3.96. The summed E-state index contributed by atoms with van der Waals surface area (Å²) in [7, 11) is 1.66. The minimum Gasteiger partial charge on any atom is -0.367 e. The number of carbonyl (C=O) groups excluding carboxylic acids is 1. The van der Waals surface area contributed by atoms with E-state index in [1.165, 1.54) is 10.7 Å². The van der Waals surface area contributed by atoms with Crippen LogP contribution in [0.15, 0.2) is 61.3 Å². The molecular weight excluding hydrogens is 484 g/mol. The van der Waals surface area contributed by atoms with Crippen molar-refractivity contribution in [2.75, 3.05) is 19.0 Å². The summed E-state index contributed by atoms with van der Waals surface area (Å²) in [5.41, 5.74) is 1.86. The molecule has 35 heavy (non-hydrogen) atoms. The van der Waals surface area contributed by atoms with Gasteiger partial charge in [-0.05, 0) is 49.3 Å². The third kappa shape index (κ3) is 7.83. The van der Waals surface area contributed by atoms with Crippen molar-refractivity contribution >= 4 is 37.3 Å². The SMILES string of the molecule is CN(N)SOOCC1CCC(Nc2ncncc2C(=O)c2ccn(C#Cc3ccccc3)c2)C1.S. The Labute approximate surface area is 216 Å². The van der Waals surface area contributed by atoms with Crippen LogP contribution in [0.25, 0.3) is 0 Å². The predicted octanol–water partition coefficient (Wildman–Crippen LogP) is 3.38. The number of hydrogen-bond donors (Lipinski definition) is 2. The van der Waals surface area contributed by atoms with Gasteiger partial charge >= 0.3 is 0 Å². The van der Waals surface area contributed by atoms with Crippen molar-refractivity contribution in [3.8, 4) is 12.0 Å². The van der Waals surface area contributed by atoms with Gasteiger partial charge in [-0.1, -0.05) is 18.2 Å². The molecule has 1 saturated carbocycles. The molecule has 184 valence electrons. The van der Waals surface area contributed by atoms with Crippen molar-refractivity contribution < 1.29 is 14.0 Å².